The molecule has 0 saturated carbocycles. The zero-order valence-electron chi connectivity index (χ0n) is 17.6. The molecular weight excluding hydrogens is 354 g/mol. The Hall–Kier alpha value is -3.13. The summed E-state index contributed by atoms with van der Waals surface area (Å²) in [5, 5.41) is 3.17. The van der Waals surface area contributed by atoms with Gasteiger partial charge in [0.25, 0.3) is 5.91 Å². The zero-order chi connectivity index (χ0) is 20.9. The molecule has 1 atom stereocenters. The number of carbonyl (C=O) groups is 1. The van der Waals surface area contributed by atoms with E-state index in [9.17, 15) is 4.79 Å². The number of nitrogens with one attached hydrogen (secondary N) is 1. The van der Waals surface area contributed by atoms with Crippen LogP contribution in [-0.2, 0) is 10.2 Å². The Labute approximate surface area is 174 Å². The van der Waals surface area contributed by atoms with E-state index in [4.69, 9.17) is 0 Å². The molecule has 1 N–H and O–H groups in total. The number of amides is 1. The van der Waals surface area contributed by atoms with E-state index in [1.54, 1.807) is 0 Å². The molecule has 0 heterocycles. The number of carbonyl (C=O) groups excluding carboxylic acids is 1. The van der Waals surface area contributed by atoms with E-state index in [2.05, 4.69) is 50.4 Å². The third kappa shape index (κ3) is 5.45. The molecule has 3 aromatic rings. The number of rotatable bonds is 5. The van der Waals surface area contributed by atoms with Crippen molar-refractivity contribution in [2.24, 2.45) is 0 Å². The van der Waals surface area contributed by atoms with Gasteiger partial charge in [0.15, 0.2) is 0 Å². The second kappa shape index (κ2) is 8.91. The Bertz CT molecular complexity index is 965. The molecule has 0 saturated heterocycles. The first kappa shape index (κ1) is 20.6. The minimum atomic E-state index is -0.0839. The van der Waals surface area contributed by atoms with Crippen molar-refractivity contribution in [2.75, 3.05) is 0 Å². The summed E-state index contributed by atoms with van der Waals surface area (Å²) in [6.45, 7) is 8.63. The van der Waals surface area contributed by atoms with Crippen LogP contribution < -0.4 is 5.32 Å². The summed E-state index contributed by atoms with van der Waals surface area (Å²) >= 11 is 0. The molecule has 29 heavy (non-hydrogen) atoms. The topological polar surface area (TPSA) is 29.1 Å². The fourth-order valence-electron chi connectivity index (χ4n) is 3.24. The molecule has 148 valence electrons. The highest BCUT2D eigenvalue weighted by molar-refractivity contribution is 6.24. The van der Waals surface area contributed by atoms with Crippen LogP contribution in [0, 0.1) is 0 Å². The van der Waals surface area contributed by atoms with E-state index in [0.29, 0.717) is 5.57 Å². The number of benzene rings is 3. The van der Waals surface area contributed by atoms with Crippen LogP contribution in [0.2, 0.25) is 0 Å². The first-order valence-corrected chi connectivity index (χ1v) is 10.1. The van der Waals surface area contributed by atoms with E-state index in [1.807, 2.05) is 73.7 Å². The Morgan fingerprint density at radius 3 is 1.93 bits per heavy atom. The highest BCUT2D eigenvalue weighted by atomic mass is 16.1. The lowest BCUT2D eigenvalue weighted by Crippen LogP contribution is -2.27. The second-order valence-corrected chi connectivity index (χ2v) is 8.40. The summed E-state index contributed by atoms with van der Waals surface area (Å²) in [4.78, 5) is 13.2. The standard InChI is InChI=1S/C27H29NO/c1-20(22-15-17-24(18-16-22)27(2,3)4)28-26(29)25(23-13-9-6-10-14-23)19-21-11-7-5-8-12-21/h5-20H,1-4H3,(H,28,29)/b25-19+/t20-/m1/s1. The molecule has 3 aromatic carbocycles. The zero-order valence-corrected chi connectivity index (χ0v) is 17.6. The maximum absolute atomic E-state index is 13.2. The fourth-order valence-corrected chi connectivity index (χ4v) is 3.24. The Kier molecular flexibility index (Phi) is 6.33. The lowest BCUT2D eigenvalue weighted by molar-refractivity contribution is -0.116. The van der Waals surface area contributed by atoms with E-state index in [-0.39, 0.29) is 17.4 Å². The van der Waals surface area contributed by atoms with Gasteiger partial charge in [0, 0.05) is 5.57 Å². The monoisotopic (exact) mass is 383 g/mol. The molecule has 0 aliphatic rings. The molecule has 0 aromatic heterocycles. The first-order chi connectivity index (χ1) is 13.8. The molecule has 0 unspecified atom stereocenters. The molecule has 0 radical (unpaired) electrons. The van der Waals surface area contributed by atoms with Gasteiger partial charge in [0.05, 0.1) is 6.04 Å². The minimum absolute atomic E-state index is 0.0764. The van der Waals surface area contributed by atoms with Crippen LogP contribution in [0.4, 0.5) is 0 Å². The van der Waals surface area contributed by atoms with Crippen molar-refractivity contribution >= 4 is 17.6 Å². The molecule has 0 spiro atoms. The second-order valence-electron chi connectivity index (χ2n) is 8.40. The largest absolute Gasteiger partial charge is 0.345 e. The molecule has 0 aliphatic carbocycles. The lowest BCUT2D eigenvalue weighted by Gasteiger charge is -2.21. The Morgan fingerprint density at radius 1 is 0.828 bits per heavy atom. The Morgan fingerprint density at radius 2 is 1.38 bits per heavy atom. The van der Waals surface area contributed by atoms with E-state index >= 15 is 0 Å². The summed E-state index contributed by atoms with van der Waals surface area (Å²) in [7, 11) is 0. The number of hydrogen-bond donors (Lipinski definition) is 1. The third-order valence-corrected chi connectivity index (χ3v) is 5.06. The normalized spacial score (nSPS) is 13.0. The van der Waals surface area contributed by atoms with Gasteiger partial charge in [-0.1, -0.05) is 106 Å². The van der Waals surface area contributed by atoms with Crippen LogP contribution >= 0.6 is 0 Å². The van der Waals surface area contributed by atoms with E-state index in [0.717, 1.165) is 16.7 Å². The van der Waals surface area contributed by atoms with Crippen LogP contribution in [0.15, 0.2) is 84.9 Å². The van der Waals surface area contributed by atoms with Gasteiger partial charge in [-0.05, 0) is 40.7 Å². The van der Waals surface area contributed by atoms with Crippen LogP contribution in [0.5, 0.6) is 0 Å². The van der Waals surface area contributed by atoms with Crippen molar-refractivity contribution in [3.8, 4) is 0 Å². The average Bonchev–Trinajstić information content (AvgIpc) is 2.72. The van der Waals surface area contributed by atoms with Crippen molar-refractivity contribution in [1.29, 1.82) is 0 Å². The molecule has 1 amide bonds. The van der Waals surface area contributed by atoms with Crippen molar-refractivity contribution in [3.05, 3.63) is 107 Å². The van der Waals surface area contributed by atoms with Crippen LogP contribution in [-0.4, -0.2) is 5.91 Å². The van der Waals surface area contributed by atoms with Crippen molar-refractivity contribution in [1.82, 2.24) is 5.32 Å². The molecule has 2 heteroatoms. The Balaban J connectivity index is 1.84. The molecule has 3 rings (SSSR count). The highest BCUT2D eigenvalue weighted by Gasteiger charge is 2.17. The molecule has 0 fully saturated rings. The molecule has 0 aliphatic heterocycles. The van der Waals surface area contributed by atoms with Crippen molar-refractivity contribution in [3.63, 3.8) is 0 Å². The van der Waals surface area contributed by atoms with E-state index in [1.165, 1.54) is 5.56 Å². The first-order valence-electron chi connectivity index (χ1n) is 10.1. The predicted octanol–water partition coefficient (Wildman–Crippen LogP) is 6.40. The minimum Gasteiger partial charge on any atom is -0.345 e. The van der Waals surface area contributed by atoms with Crippen LogP contribution in [0.25, 0.3) is 11.6 Å². The summed E-state index contributed by atoms with van der Waals surface area (Å²) in [5.74, 6) is -0.0764. The summed E-state index contributed by atoms with van der Waals surface area (Å²) in [6, 6.07) is 28.2. The molecular formula is C27H29NO. The van der Waals surface area contributed by atoms with Crippen LogP contribution in [0.3, 0.4) is 0 Å². The predicted molar refractivity (Wildman–Crippen MR) is 122 cm³/mol. The van der Waals surface area contributed by atoms with Crippen LogP contribution in [0.1, 0.15) is 56.0 Å². The van der Waals surface area contributed by atoms with Gasteiger partial charge < -0.3 is 5.32 Å². The van der Waals surface area contributed by atoms with Gasteiger partial charge in [-0.3, -0.25) is 4.79 Å². The third-order valence-electron chi connectivity index (χ3n) is 5.06. The maximum atomic E-state index is 13.2. The summed E-state index contributed by atoms with van der Waals surface area (Å²) in [5.41, 5.74) is 5.07. The summed E-state index contributed by atoms with van der Waals surface area (Å²) < 4.78 is 0. The average molecular weight is 384 g/mol. The maximum Gasteiger partial charge on any atom is 0.252 e. The van der Waals surface area contributed by atoms with Gasteiger partial charge in [-0.2, -0.15) is 0 Å². The molecule has 2 nitrogen and oxygen atoms in total. The van der Waals surface area contributed by atoms with Gasteiger partial charge in [0.1, 0.15) is 0 Å². The highest BCUT2D eigenvalue weighted by Crippen LogP contribution is 2.25. The smallest absolute Gasteiger partial charge is 0.252 e. The van der Waals surface area contributed by atoms with Crippen molar-refractivity contribution in [2.45, 2.75) is 39.2 Å². The lowest BCUT2D eigenvalue weighted by atomic mass is 9.86. The molecule has 0 bridgehead atoms. The van der Waals surface area contributed by atoms with Crippen molar-refractivity contribution < 1.29 is 4.79 Å². The number of hydrogen-bond acceptors (Lipinski definition) is 1. The van der Waals surface area contributed by atoms with Gasteiger partial charge >= 0.3 is 0 Å². The van der Waals surface area contributed by atoms with E-state index < -0.39 is 0 Å². The SMILES string of the molecule is C[C@@H](NC(=O)/C(=C/c1ccccc1)c1ccccc1)c1ccc(C(C)(C)C)cc1. The summed E-state index contributed by atoms with van der Waals surface area (Å²) in [6.07, 6.45) is 1.94. The van der Waals surface area contributed by atoms with Gasteiger partial charge in [0.2, 0.25) is 0 Å². The van der Waals surface area contributed by atoms with Gasteiger partial charge in [-0.25, -0.2) is 0 Å². The van der Waals surface area contributed by atoms with Gasteiger partial charge in [-0.15, -0.1) is 0 Å². The quantitative estimate of drug-likeness (QED) is 0.401. The fraction of sp³-hybridized carbons (Fsp3) is 0.222.